The van der Waals surface area contributed by atoms with Crippen LogP contribution in [-0.2, 0) is 25.6 Å². The van der Waals surface area contributed by atoms with E-state index in [1.54, 1.807) is 0 Å². The van der Waals surface area contributed by atoms with Gasteiger partial charge in [0.05, 0.1) is 13.2 Å². The maximum absolute atomic E-state index is 11.4. The van der Waals surface area contributed by atoms with Crippen LogP contribution in [0.15, 0.2) is 30.3 Å². The molecular formula is C13H14O4. The third-order valence-electron chi connectivity index (χ3n) is 3.15. The van der Waals surface area contributed by atoms with E-state index in [2.05, 4.69) is 0 Å². The number of hydrogen-bond acceptors (Lipinski definition) is 4. The lowest BCUT2D eigenvalue weighted by Crippen LogP contribution is -2.31. The van der Waals surface area contributed by atoms with Gasteiger partial charge in [0, 0.05) is 0 Å². The first-order chi connectivity index (χ1) is 8.34. The topological polar surface area (TPSA) is 44.8 Å². The Morgan fingerprint density at radius 1 is 1.24 bits per heavy atom. The molecule has 17 heavy (non-hydrogen) atoms. The van der Waals surface area contributed by atoms with Gasteiger partial charge in [-0.05, 0) is 5.56 Å². The first kappa shape index (κ1) is 10.9. The Morgan fingerprint density at radius 2 is 2.06 bits per heavy atom. The van der Waals surface area contributed by atoms with Crippen LogP contribution in [0.4, 0.5) is 0 Å². The van der Waals surface area contributed by atoms with E-state index < -0.39 is 6.10 Å². The Balaban J connectivity index is 1.58. The molecule has 3 rings (SSSR count). The van der Waals surface area contributed by atoms with Crippen LogP contribution in [0, 0.1) is 0 Å². The molecule has 2 saturated heterocycles. The molecule has 2 aliphatic heterocycles. The zero-order valence-corrected chi connectivity index (χ0v) is 9.37. The van der Waals surface area contributed by atoms with Crippen molar-refractivity contribution in [1.82, 2.24) is 0 Å². The predicted octanol–water partition coefficient (Wildman–Crippen LogP) is 0.938. The Labute approximate surface area is 99.5 Å². The fourth-order valence-corrected chi connectivity index (χ4v) is 2.23. The summed E-state index contributed by atoms with van der Waals surface area (Å²) in [6, 6.07) is 9.93. The molecular weight excluding hydrogens is 220 g/mol. The van der Waals surface area contributed by atoms with Crippen molar-refractivity contribution in [2.24, 2.45) is 0 Å². The minimum atomic E-state index is -0.407. The van der Waals surface area contributed by atoms with E-state index >= 15 is 0 Å². The summed E-state index contributed by atoms with van der Waals surface area (Å²) in [4.78, 5) is 11.4. The average Bonchev–Trinajstić information content (AvgIpc) is 2.92. The fourth-order valence-electron chi connectivity index (χ4n) is 2.23. The van der Waals surface area contributed by atoms with Crippen LogP contribution in [0.5, 0.6) is 0 Å². The number of ketones is 1. The molecule has 90 valence electrons. The molecule has 3 atom stereocenters. The summed E-state index contributed by atoms with van der Waals surface area (Å²) in [5, 5.41) is 0. The van der Waals surface area contributed by atoms with Gasteiger partial charge in [0.1, 0.15) is 24.9 Å². The zero-order valence-electron chi connectivity index (χ0n) is 9.37. The predicted molar refractivity (Wildman–Crippen MR) is 59.5 cm³/mol. The summed E-state index contributed by atoms with van der Waals surface area (Å²) >= 11 is 0. The summed E-state index contributed by atoms with van der Waals surface area (Å²) in [6.45, 7) is 1.12. The third-order valence-corrected chi connectivity index (χ3v) is 3.15. The largest absolute Gasteiger partial charge is 0.368 e. The van der Waals surface area contributed by atoms with E-state index in [1.807, 2.05) is 30.3 Å². The van der Waals surface area contributed by atoms with Gasteiger partial charge in [-0.1, -0.05) is 30.3 Å². The molecule has 4 heteroatoms. The van der Waals surface area contributed by atoms with Crippen molar-refractivity contribution in [2.45, 2.75) is 24.9 Å². The van der Waals surface area contributed by atoms with Crippen LogP contribution in [0.2, 0.25) is 0 Å². The molecule has 2 heterocycles. The lowest BCUT2D eigenvalue weighted by molar-refractivity contribution is -0.125. The average molecular weight is 234 g/mol. The van der Waals surface area contributed by atoms with Gasteiger partial charge in [-0.15, -0.1) is 0 Å². The Morgan fingerprint density at radius 3 is 2.88 bits per heavy atom. The molecule has 0 aromatic heterocycles. The summed E-state index contributed by atoms with van der Waals surface area (Å²) in [6.07, 6.45) is -0.756. The summed E-state index contributed by atoms with van der Waals surface area (Å²) in [7, 11) is 0. The molecule has 0 radical (unpaired) electrons. The van der Waals surface area contributed by atoms with Crippen molar-refractivity contribution in [3.8, 4) is 0 Å². The van der Waals surface area contributed by atoms with Crippen LogP contribution >= 0.6 is 0 Å². The van der Waals surface area contributed by atoms with Crippen molar-refractivity contribution < 1.29 is 19.0 Å². The molecule has 1 aromatic rings. The molecule has 0 amide bonds. The van der Waals surface area contributed by atoms with Crippen molar-refractivity contribution >= 4 is 5.78 Å². The molecule has 0 N–H and O–H groups in total. The highest BCUT2D eigenvalue weighted by atomic mass is 16.6. The van der Waals surface area contributed by atoms with E-state index in [0.29, 0.717) is 13.2 Å². The highest BCUT2D eigenvalue weighted by molar-refractivity contribution is 5.87. The van der Waals surface area contributed by atoms with Crippen LogP contribution in [0.3, 0.4) is 0 Å². The quantitative estimate of drug-likeness (QED) is 0.780. The first-order valence-electron chi connectivity index (χ1n) is 5.76. The number of hydrogen-bond donors (Lipinski definition) is 0. The van der Waals surface area contributed by atoms with Crippen molar-refractivity contribution in [2.75, 3.05) is 13.2 Å². The van der Waals surface area contributed by atoms with E-state index in [4.69, 9.17) is 14.2 Å². The monoisotopic (exact) mass is 234 g/mol. The van der Waals surface area contributed by atoms with Gasteiger partial charge in [0.25, 0.3) is 0 Å². The fraction of sp³-hybridized carbons (Fsp3) is 0.462. The van der Waals surface area contributed by atoms with Gasteiger partial charge in [-0.2, -0.15) is 0 Å². The number of fused-ring (bicyclic) bond motifs is 1. The Bertz CT molecular complexity index is 403. The SMILES string of the molecule is O=C1CO[C@H]2[C@@H]1OC[C@H]2OCc1ccccc1. The highest BCUT2D eigenvalue weighted by Crippen LogP contribution is 2.26. The normalized spacial score (nSPS) is 31.8. The standard InChI is InChI=1S/C13H14O4/c14-10-7-16-13-11(8-17-12(10)13)15-6-9-4-2-1-3-5-9/h1-5,11-13H,6-8H2/t11-,12-,13-/m1/s1. The summed E-state index contributed by atoms with van der Waals surface area (Å²) in [5.41, 5.74) is 1.11. The molecule has 4 nitrogen and oxygen atoms in total. The Kier molecular flexibility index (Phi) is 2.93. The number of Topliss-reactive ketones (excluding diaryl/α,β-unsaturated/α-hetero) is 1. The molecule has 0 bridgehead atoms. The smallest absolute Gasteiger partial charge is 0.189 e. The Hall–Kier alpha value is -1.23. The zero-order chi connectivity index (χ0) is 11.7. The van der Waals surface area contributed by atoms with Gasteiger partial charge in [0.15, 0.2) is 5.78 Å². The summed E-state index contributed by atoms with van der Waals surface area (Å²) in [5.74, 6) is 0.0285. The minimum absolute atomic E-state index is 0.0285. The van der Waals surface area contributed by atoms with Crippen LogP contribution in [0.1, 0.15) is 5.56 Å². The second-order valence-electron chi connectivity index (χ2n) is 4.33. The van der Waals surface area contributed by atoms with Gasteiger partial charge < -0.3 is 14.2 Å². The van der Waals surface area contributed by atoms with Crippen LogP contribution in [0.25, 0.3) is 0 Å². The van der Waals surface area contributed by atoms with Gasteiger partial charge >= 0.3 is 0 Å². The molecule has 1 aromatic carbocycles. The second-order valence-corrected chi connectivity index (χ2v) is 4.33. The van der Waals surface area contributed by atoms with E-state index in [-0.39, 0.29) is 24.6 Å². The number of carbonyl (C=O) groups excluding carboxylic acids is 1. The van der Waals surface area contributed by atoms with Gasteiger partial charge in [0.2, 0.25) is 0 Å². The van der Waals surface area contributed by atoms with Crippen molar-refractivity contribution in [3.05, 3.63) is 35.9 Å². The number of benzene rings is 1. The first-order valence-corrected chi connectivity index (χ1v) is 5.76. The van der Waals surface area contributed by atoms with Crippen molar-refractivity contribution in [1.29, 1.82) is 0 Å². The lowest BCUT2D eigenvalue weighted by atomic mass is 10.1. The van der Waals surface area contributed by atoms with Crippen LogP contribution in [-0.4, -0.2) is 37.3 Å². The van der Waals surface area contributed by atoms with Gasteiger partial charge in [-0.3, -0.25) is 4.79 Å². The third kappa shape index (κ3) is 2.11. The van der Waals surface area contributed by atoms with E-state index in [1.165, 1.54) is 0 Å². The summed E-state index contributed by atoms with van der Waals surface area (Å²) < 4.78 is 16.5. The van der Waals surface area contributed by atoms with Crippen molar-refractivity contribution in [3.63, 3.8) is 0 Å². The van der Waals surface area contributed by atoms with Crippen LogP contribution < -0.4 is 0 Å². The maximum Gasteiger partial charge on any atom is 0.189 e. The number of rotatable bonds is 3. The molecule has 0 saturated carbocycles. The molecule has 0 aliphatic carbocycles. The number of carbonyl (C=O) groups is 1. The molecule has 0 spiro atoms. The lowest BCUT2D eigenvalue weighted by Gasteiger charge is -2.16. The second kappa shape index (κ2) is 4.56. The maximum atomic E-state index is 11.4. The highest BCUT2D eigenvalue weighted by Gasteiger charge is 2.47. The molecule has 2 aliphatic rings. The van der Waals surface area contributed by atoms with E-state index in [9.17, 15) is 4.79 Å². The van der Waals surface area contributed by atoms with E-state index in [0.717, 1.165) is 5.56 Å². The van der Waals surface area contributed by atoms with Gasteiger partial charge in [-0.25, -0.2) is 0 Å². The molecule has 0 unspecified atom stereocenters. The molecule has 2 fully saturated rings. The minimum Gasteiger partial charge on any atom is -0.368 e. The number of ether oxygens (including phenoxy) is 3.